The molecule has 1 aromatic carbocycles. The van der Waals surface area contributed by atoms with Crippen molar-refractivity contribution in [3.8, 4) is 23.1 Å². The van der Waals surface area contributed by atoms with Crippen LogP contribution in [0.3, 0.4) is 0 Å². The highest BCUT2D eigenvalue weighted by molar-refractivity contribution is 5.95. The van der Waals surface area contributed by atoms with Crippen molar-refractivity contribution in [2.75, 3.05) is 34.4 Å². The van der Waals surface area contributed by atoms with E-state index in [1.54, 1.807) is 35.4 Å². The van der Waals surface area contributed by atoms with Gasteiger partial charge in [-0.3, -0.25) is 4.79 Å². The smallest absolute Gasteiger partial charge is 0.254 e. The molecular formula is C19H23N3O5. The Bertz CT molecular complexity index is 759. The molecule has 2 aromatic rings. The normalized spacial score (nSPS) is 16.6. The van der Waals surface area contributed by atoms with Crippen LogP contribution < -0.4 is 18.9 Å². The first-order valence-electron chi connectivity index (χ1n) is 8.70. The molecule has 0 bridgehead atoms. The van der Waals surface area contributed by atoms with Crippen LogP contribution in [0.1, 0.15) is 23.2 Å². The Morgan fingerprint density at radius 2 is 1.89 bits per heavy atom. The molecule has 3 rings (SSSR count). The van der Waals surface area contributed by atoms with Crippen LogP contribution in [-0.2, 0) is 0 Å². The van der Waals surface area contributed by atoms with Crippen LogP contribution in [0.5, 0.6) is 23.1 Å². The van der Waals surface area contributed by atoms with Gasteiger partial charge in [0, 0.05) is 24.4 Å². The highest BCUT2D eigenvalue weighted by atomic mass is 16.5. The quantitative estimate of drug-likeness (QED) is 0.767. The summed E-state index contributed by atoms with van der Waals surface area (Å²) in [4.78, 5) is 14.8. The van der Waals surface area contributed by atoms with Gasteiger partial charge in [0.05, 0.1) is 27.9 Å². The monoisotopic (exact) mass is 373 g/mol. The van der Waals surface area contributed by atoms with Crippen LogP contribution in [-0.4, -0.2) is 61.5 Å². The van der Waals surface area contributed by atoms with Crippen molar-refractivity contribution < 1.29 is 23.7 Å². The Hall–Kier alpha value is -3.03. The second kappa shape index (κ2) is 8.57. The fraction of sp³-hybridized carbons (Fsp3) is 0.421. The molecule has 8 heteroatoms. The average Bonchev–Trinajstić information content (AvgIpc) is 2.73. The first-order valence-corrected chi connectivity index (χ1v) is 8.70. The van der Waals surface area contributed by atoms with E-state index >= 15 is 0 Å². The fourth-order valence-electron chi connectivity index (χ4n) is 3.13. The molecule has 0 spiro atoms. The van der Waals surface area contributed by atoms with Crippen molar-refractivity contribution in [2.24, 2.45) is 0 Å². The maximum absolute atomic E-state index is 13.0. The van der Waals surface area contributed by atoms with E-state index < -0.39 is 0 Å². The van der Waals surface area contributed by atoms with Crippen LogP contribution in [0.4, 0.5) is 0 Å². The summed E-state index contributed by atoms with van der Waals surface area (Å²) in [6.07, 6.45) is 3.17. The van der Waals surface area contributed by atoms with Gasteiger partial charge in [-0.05, 0) is 31.0 Å². The van der Waals surface area contributed by atoms with E-state index in [9.17, 15) is 4.79 Å². The Morgan fingerprint density at radius 1 is 1.15 bits per heavy atom. The first-order chi connectivity index (χ1) is 13.2. The van der Waals surface area contributed by atoms with Crippen molar-refractivity contribution in [3.05, 3.63) is 36.0 Å². The highest BCUT2D eigenvalue weighted by Gasteiger charge is 2.27. The molecule has 8 nitrogen and oxygen atoms in total. The SMILES string of the molecule is COc1cc(C(=O)N2CCCC(Oc3cccnn3)C2)cc(OC)c1OC. The number of nitrogens with zero attached hydrogens (tertiary/aromatic N) is 3. The van der Waals surface area contributed by atoms with Crippen molar-refractivity contribution in [1.82, 2.24) is 15.1 Å². The molecule has 0 aliphatic carbocycles. The maximum Gasteiger partial charge on any atom is 0.254 e. The molecule has 1 aromatic heterocycles. The van der Waals surface area contributed by atoms with Crippen LogP contribution in [0, 0.1) is 0 Å². The molecule has 1 amide bonds. The zero-order valence-corrected chi connectivity index (χ0v) is 15.7. The number of hydrogen-bond acceptors (Lipinski definition) is 7. The molecule has 1 saturated heterocycles. The molecule has 1 aliphatic rings. The number of likely N-dealkylation sites (tertiary alicyclic amines) is 1. The summed E-state index contributed by atoms with van der Waals surface area (Å²) < 4.78 is 21.9. The van der Waals surface area contributed by atoms with E-state index in [-0.39, 0.29) is 12.0 Å². The predicted molar refractivity (Wildman–Crippen MR) is 97.7 cm³/mol. The van der Waals surface area contributed by atoms with Gasteiger partial charge in [-0.25, -0.2) is 0 Å². The molecule has 0 N–H and O–H groups in total. The number of aromatic nitrogens is 2. The number of carbonyl (C=O) groups is 1. The molecule has 1 unspecified atom stereocenters. The summed E-state index contributed by atoms with van der Waals surface area (Å²) in [6.45, 7) is 1.14. The molecule has 2 heterocycles. The molecular weight excluding hydrogens is 350 g/mol. The van der Waals surface area contributed by atoms with Gasteiger partial charge in [0.1, 0.15) is 6.10 Å². The minimum atomic E-state index is -0.124. The van der Waals surface area contributed by atoms with Crippen LogP contribution >= 0.6 is 0 Å². The second-order valence-electron chi connectivity index (χ2n) is 6.11. The molecule has 1 aliphatic heterocycles. The van der Waals surface area contributed by atoms with Gasteiger partial charge in [0.15, 0.2) is 11.5 Å². The third-order valence-electron chi connectivity index (χ3n) is 4.41. The number of carbonyl (C=O) groups excluding carboxylic acids is 1. The van der Waals surface area contributed by atoms with Gasteiger partial charge in [-0.15, -0.1) is 5.10 Å². The third-order valence-corrected chi connectivity index (χ3v) is 4.41. The molecule has 0 saturated carbocycles. The molecule has 1 atom stereocenters. The number of rotatable bonds is 6. The molecule has 1 fully saturated rings. The number of hydrogen-bond donors (Lipinski definition) is 0. The number of piperidine rings is 1. The summed E-state index contributed by atoms with van der Waals surface area (Å²) in [5.41, 5.74) is 0.477. The summed E-state index contributed by atoms with van der Waals surface area (Å²) in [5, 5.41) is 7.75. The van der Waals surface area contributed by atoms with Crippen molar-refractivity contribution in [3.63, 3.8) is 0 Å². The summed E-state index contributed by atoms with van der Waals surface area (Å²) in [5.74, 6) is 1.71. The fourth-order valence-corrected chi connectivity index (χ4v) is 3.13. The van der Waals surface area contributed by atoms with E-state index in [1.165, 1.54) is 21.3 Å². The van der Waals surface area contributed by atoms with Crippen molar-refractivity contribution in [1.29, 1.82) is 0 Å². The second-order valence-corrected chi connectivity index (χ2v) is 6.11. The minimum absolute atomic E-state index is 0.110. The van der Waals surface area contributed by atoms with Crippen molar-refractivity contribution >= 4 is 5.91 Å². The number of amides is 1. The predicted octanol–water partition coefficient (Wildman–Crippen LogP) is 2.19. The van der Waals surface area contributed by atoms with Crippen molar-refractivity contribution in [2.45, 2.75) is 18.9 Å². The van der Waals surface area contributed by atoms with Crippen LogP contribution in [0.15, 0.2) is 30.5 Å². The molecule has 0 radical (unpaired) electrons. The lowest BCUT2D eigenvalue weighted by atomic mass is 10.1. The van der Waals surface area contributed by atoms with Gasteiger partial charge in [0.2, 0.25) is 11.6 Å². The summed E-state index contributed by atoms with van der Waals surface area (Å²) in [7, 11) is 4.58. The lowest BCUT2D eigenvalue weighted by Gasteiger charge is -2.32. The Kier molecular flexibility index (Phi) is 5.95. The standard InChI is InChI=1S/C19H23N3O5/c1-24-15-10-13(11-16(25-2)18(15)26-3)19(23)22-9-5-6-14(12-22)27-17-7-4-8-20-21-17/h4,7-8,10-11,14H,5-6,9,12H2,1-3H3. The number of ether oxygens (including phenoxy) is 4. The lowest BCUT2D eigenvalue weighted by molar-refractivity contribution is 0.0525. The Labute approximate surface area is 158 Å². The zero-order chi connectivity index (χ0) is 19.2. The van der Waals surface area contributed by atoms with Crippen LogP contribution in [0.2, 0.25) is 0 Å². The van der Waals surface area contributed by atoms with E-state index in [1.807, 2.05) is 0 Å². The number of methoxy groups -OCH3 is 3. The highest BCUT2D eigenvalue weighted by Crippen LogP contribution is 2.38. The minimum Gasteiger partial charge on any atom is -0.493 e. The summed E-state index contributed by atoms with van der Waals surface area (Å²) in [6, 6.07) is 6.85. The molecule has 27 heavy (non-hydrogen) atoms. The topological polar surface area (TPSA) is 83.0 Å². The lowest BCUT2D eigenvalue weighted by Crippen LogP contribution is -2.44. The first kappa shape index (κ1) is 18.8. The Balaban J connectivity index is 1.76. The van der Waals surface area contributed by atoms with Gasteiger partial charge < -0.3 is 23.8 Å². The van der Waals surface area contributed by atoms with E-state index in [2.05, 4.69) is 10.2 Å². The average molecular weight is 373 g/mol. The van der Waals surface area contributed by atoms with E-state index in [0.29, 0.717) is 41.8 Å². The van der Waals surface area contributed by atoms with E-state index in [0.717, 1.165) is 12.8 Å². The van der Waals surface area contributed by atoms with E-state index in [4.69, 9.17) is 18.9 Å². The molecule has 144 valence electrons. The largest absolute Gasteiger partial charge is 0.493 e. The van der Waals surface area contributed by atoms with Crippen LogP contribution in [0.25, 0.3) is 0 Å². The maximum atomic E-state index is 13.0. The third kappa shape index (κ3) is 4.21. The van der Waals surface area contributed by atoms with Gasteiger partial charge in [-0.2, -0.15) is 5.10 Å². The van der Waals surface area contributed by atoms with Gasteiger partial charge in [-0.1, -0.05) is 0 Å². The Morgan fingerprint density at radius 3 is 2.48 bits per heavy atom. The summed E-state index contributed by atoms with van der Waals surface area (Å²) >= 11 is 0. The number of benzene rings is 1. The van der Waals surface area contributed by atoms with Gasteiger partial charge >= 0.3 is 0 Å². The van der Waals surface area contributed by atoms with Gasteiger partial charge in [0.25, 0.3) is 5.91 Å². The zero-order valence-electron chi connectivity index (χ0n) is 15.7.